The summed E-state index contributed by atoms with van der Waals surface area (Å²) in [4.78, 5) is 10.6. The highest BCUT2D eigenvalue weighted by Crippen LogP contribution is 2.38. The molecule has 1 aliphatic rings. The molecule has 5 nitrogen and oxygen atoms in total. The monoisotopic (exact) mass is 317 g/mol. The van der Waals surface area contributed by atoms with E-state index in [0.717, 1.165) is 0 Å². The Hall–Kier alpha value is -1.18. The van der Waals surface area contributed by atoms with Crippen LogP contribution in [0.1, 0.15) is 5.56 Å². The molecule has 0 radical (unpaired) electrons. The van der Waals surface area contributed by atoms with Gasteiger partial charge in [0.15, 0.2) is 0 Å². The van der Waals surface area contributed by atoms with Gasteiger partial charge in [0.1, 0.15) is 6.04 Å². The van der Waals surface area contributed by atoms with Crippen molar-refractivity contribution in [3.8, 4) is 0 Å². The number of nitrogens with two attached hydrogens (primary N) is 1. The smallest absolute Gasteiger partial charge is 0.325 e. The number of benzene rings is 1. The molecule has 0 saturated heterocycles. The van der Waals surface area contributed by atoms with Crippen LogP contribution in [0.15, 0.2) is 32.5 Å². The summed E-state index contributed by atoms with van der Waals surface area (Å²) in [5.74, 6) is -1.37. The molecule has 1 unspecified atom stereocenters. The fourth-order valence-electron chi connectivity index (χ4n) is 1.65. The lowest BCUT2D eigenvalue weighted by molar-refractivity contribution is -0.137. The van der Waals surface area contributed by atoms with Gasteiger partial charge in [-0.1, -0.05) is 12.1 Å². The van der Waals surface area contributed by atoms with Crippen LogP contribution in [0.3, 0.4) is 0 Å². The minimum Gasteiger partial charge on any atom is -0.480 e. The highest BCUT2D eigenvalue weighted by molar-refractivity contribution is 9.10. The van der Waals surface area contributed by atoms with Crippen LogP contribution in [0.25, 0.3) is 6.08 Å². The summed E-state index contributed by atoms with van der Waals surface area (Å²) >= 11 is 3.14. The molecule has 1 atom stereocenters. The molecule has 0 aromatic heterocycles. The van der Waals surface area contributed by atoms with E-state index in [1.165, 1.54) is 6.08 Å². The van der Waals surface area contributed by atoms with Gasteiger partial charge in [-0.25, -0.2) is 8.42 Å². The Bertz CT molecular complexity index is 636. The maximum atomic E-state index is 12.1. The topological polar surface area (TPSA) is 97.5 Å². The van der Waals surface area contributed by atoms with Crippen molar-refractivity contribution >= 4 is 37.8 Å². The first-order valence-electron chi connectivity index (χ1n) is 4.59. The lowest BCUT2D eigenvalue weighted by Gasteiger charge is -2.08. The first kappa shape index (κ1) is 12.3. The molecular formula is C10H8BrNO4S. The van der Waals surface area contributed by atoms with Crippen LogP contribution < -0.4 is 5.73 Å². The molecule has 0 bridgehead atoms. The van der Waals surface area contributed by atoms with E-state index in [1.807, 2.05) is 0 Å². The molecule has 3 N–H and O–H groups in total. The standard InChI is InChI=1S/C10H8BrNO4S/c11-6-3-1-2-5-4-7(8(12)10(13)14)17(15,16)9(5)6/h1-4,8H,12H2,(H,13,14). The summed E-state index contributed by atoms with van der Waals surface area (Å²) < 4.78 is 24.6. The first-order valence-corrected chi connectivity index (χ1v) is 6.87. The van der Waals surface area contributed by atoms with Gasteiger partial charge in [0.25, 0.3) is 0 Å². The minimum absolute atomic E-state index is 0.0756. The van der Waals surface area contributed by atoms with Crippen molar-refractivity contribution < 1.29 is 18.3 Å². The molecule has 1 heterocycles. The van der Waals surface area contributed by atoms with E-state index in [-0.39, 0.29) is 9.80 Å². The average Bonchev–Trinajstić information content (AvgIpc) is 2.50. The second kappa shape index (κ2) is 3.94. The van der Waals surface area contributed by atoms with Gasteiger partial charge in [0.2, 0.25) is 9.84 Å². The van der Waals surface area contributed by atoms with Gasteiger partial charge in [-0.15, -0.1) is 0 Å². The van der Waals surface area contributed by atoms with E-state index in [9.17, 15) is 13.2 Å². The van der Waals surface area contributed by atoms with E-state index in [2.05, 4.69) is 15.9 Å². The number of hydrogen-bond donors (Lipinski definition) is 2. The molecule has 1 aromatic rings. The van der Waals surface area contributed by atoms with Crippen LogP contribution in [0, 0.1) is 0 Å². The van der Waals surface area contributed by atoms with Crippen molar-refractivity contribution in [2.75, 3.05) is 0 Å². The summed E-state index contributed by atoms with van der Waals surface area (Å²) in [5.41, 5.74) is 5.81. The highest BCUT2D eigenvalue weighted by Gasteiger charge is 2.37. The lowest BCUT2D eigenvalue weighted by atomic mass is 10.2. The second-order valence-electron chi connectivity index (χ2n) is 3.52. The third kappa shape index (κ3) is 1.80. The number of aliphatic carboxylic acids is 1. The predicted molar refractivity (Wildman–Crippen MR) is 64.9 cm³/mol. The van der Waals surface area contributed by atoms with Crippen molar-refractivity contribution in [2.24, 2.45) is 5.73 Å². The molecule has 0 spiro atoms. The molecule has 0 aliphatic carbocycles. The zero-order valence-electron chi connectivity index (χ0n) is 8.42. The van der Waals surface area contributed by atoms with Crippen LogP contribution in [0.4, 0.5) is 0 Å². The Morgan fingerprint density at radius 1 is 1.41 bits per heavy atom. The largest absolute Gasteiger partial charge is 0.480 e. The fraction of sp³-hybridized carbons (Fsp3) is 0.100. The van der Waals surface area contributed by atoms with Gasteiger partial charge in [-0.3, -0.25) is 4.79 Å². The molecule has 0 saturated carbocycles. The van der Waals surface area contributed by atoms with E-state index in [1.54, 1.807) is 18.2 Å². The Morgan fingerprint density at radius 2 is 2.06 bits per heavy atom. The van der Waals surface area contributed by atoms with Gasteiger partial charge in [0, 0.05) is 4.47 Å². The Labute approximate surface area is 106 Å². The van der Waals surface area contributed by atoms with Crippen LogP contribution >= 0.6 is 15.9 Å². The normalized spacial score (nSPS) is 18.4. The van der Waals surface area contributed by atoms with Crippen molar-refractivity contribution in [1.82, 2.24) is 0 Å². The van der Waals surface area contributed by atoms with Gasteiger partial charge in [0.05, 0.1) is 9.80 Å². The Kier molecular flexibility index (Phi) is 2.84. The van der Waals surface area contributed by atoms with Crippen LogP contribution in [0.2, 0.25) is 0 Å². The number of rotatable bonds is 2. The number of halogens is 1. The zero-order valence-corrected chi connectivity index (χ0v) is 10.8. The molecule has 90 valence electrons. The van der Waals surface area contributed by atoms with E-state index in [4.69, 9.17) is 10.8 Å². The molecule has 0 amide bonds. The number of carbonyl (C=O) groups is 1. The summed E-state index contributed by atoms with van der Waals surface area (Å²) in [6.07, 6.45) is 1.30. The zero-order chi connectivity index (χ0) is 12.8. The first-order chi connectivity index (χ1) is 7.85. The van der Waals surface area contributed by atoms with Gasteiger partial charge in [-0.05, 0) is 33.6 Å². The molecule has 1 aliphatic heterocycles. The third-order valence-corrected chi connectivity index (χ3v) is 5.36. The maximum absolute atomic E-state index is 12.1. The Morgan fingerprint density at radius 3 is 2.59 bits per heavy atom. The van der Waals surface area contributed by atoms with Crippen molar-refractivity contribution in [3.05, 3.63) is 33.1 Å². The van der Waals surface area contributed by atoms with E-state index in [0.29, 0.717) is 10.0 Å². The van der Waals surface area contributed by atoms with Crippen molar-refractivity contribution in [1.29, 1.82) is 0 Å². The number of fused-ring (bicyclic) bond motifs is 1. The summed E-state index contributed by atoms with van der Waals surface area (Å²) in [6, 6.07) is 3.31. The third-order valence-electron chi connectivity index (χ3n) is 2.45. The molecule has 7 heteroatoms. The molecule has 17 heavy (non-hydrogen) atoms. The second-order valence-corrected chi connectivity index (χ2v) is 6.27. The number of sulfone groups is 1. The van der Waals surface area contributed by atoms with Gasteiger partial charge >= 0.3 is 5.97 Å². The van der Waals surface area contributed by atoms with Gasteiger partial charge < -0.3 is 10.8 Å². The van der Waals surface area contributed by atoms with Crippen LogP contribution in [-0.4, -0.2) is 25.5 Å². The number of hydrogen-bond acceptors (Lipinski definition) is 4. The van der Waals surface area contributed by atoms with E-state index < -0.39 is 21.8 Å². The average molecular weight is 318 g/mol. The summed E-state index contributed by atoms with van der Waals surface area (Å²) in [7, 11) is -3.81. The fourth-order valence-corrected chi connectivity index (χ4v) is 4.39. The van der Waals surface area contributed by atoms with Crippen molar-refractivity contribution in [2.45, 2.75) is 10.9 Å². The molecule has 2 rings (SSSR count). The number of carboxylic acid groups (broad SMARTS) is 1. The summed E-state index contributed by atoms with van der Waals surface area (Å²) in [6.45, 7) is 0. The molecule has 1 aromatic carbocycles. The summed E-state index contributed by atoms with van der Waals surface area (Å²) in [5, 5.41) is 8.78. The SMILES string of the molecule is NC(C(=O)O)C1=Cc2cccc(Br)c2S1(=O)=O. The molecule has 0 fully saturated rings. The highest BCUT2D eigenvalue weighted by atomic mass is 79.9. The molecular weight excluding hydrogens is 310 g/mol. The van der Waals surface area contributed by atoms with Crippen LogP contribution in [0.5, 0.6) is 0 Å². The lowest BCUT2D eigenvalue weighted by Crippen LogP contribution is -2.34. The quantitative estimate of drug-likeness (QED) is 0.847. The maximum Gasteiger partial charge on any atom is 0.325 e. The van der Waals surface area contributed by atoms with Crippen LogP contribution in [-0.2, 0) is 14.6 Å². The van der Waals surface area contributed by atoms with Crippen molar-refractivity contribution in [3.63, 3.8) is 0 Å². The predicted octanol–water partition coefficient (Wildman–Crippen LogP) is 0.989. The Balaban J connectivity index is 2.66. The van der Waals surface area contributed by atoms with Gasteiger partial charge in [-0.2, -0.15) is 0 Å². The number of carboxylic acids is 1. The van der Waals surface area contributed by atoms with E-state index >= 15 is 0 Å². The minimum atomic E-state index is -3.81.